The van der Waals surface area contributed by atoms with Crippen molar-refractivity contribution in [1.29, 1.82) is 0 Å². The van der Waals surface area contributed by atoms with E-state index in [1.807, 2.05) is 17.0 Å². The van der Waals surface area contributed by atoms with Gasteiger partial charge in [0.25, 0.3) is 5.91 Å². The highest BCUT2D eigenvalue weighted by Gasteiger charge is 2.33. The normalized spacial score (nSPS) is 16.6. The molecule has 0 unspecified atom stereocenters. The van der Waals surface area contributed by atoms with Crippen LogP contribution in [-0.4, -0.2) is 46.5 Å². The Bertz CT molecular complexity index is 1120. The lowest BCUT2D eigenvalue weighted by Crippen LogP contribution is -2.46. The van der Waals surface area contributed by atoms with Crippen molar-refractivity contribution in [3.8, 4) is 11.6 Å². The third kappa shape index (κ3) is 4.90. The van der Waals surface area contributed by atoms with Crippen molar-refractivity contribution >= 4 is 41.8 Å². The lowest BCUT2D eigenvalue weighted by atomic mass is 9.95. The highest BCUT2D eigenvalue weighted by molar-refractivity contribution is 6.08. The minimum absolute atomic E-state index is 0. The number of aromatic nitrogens is 2. The number of piperazine rings is 1. The van der Waals surface area contributed by atoms with Gasteiger partial charge in [-0.25, -0.2) is 0 Å². The Kier molecular flexibility index (Phi) is 8.85. The number of rotatable bonds is 4. The van der Waals surface area contributed by atoms with Crippen LogP contribution in [0.2, 0.25) is 0 Å². The summed E-state index contributed by atoms with van der Waals surface area (Å²) in [7, 11) is 0. The molecule has 0 bridgehead atoms. The summed E-state index contributed by atoms with van der Waals surface area (Å²) in [5.41, 5.74) is 4.50. The Hall–Kier alpha value is -2.28. The zero-order chi connectivity index (χ0) is 22.1. The zero-order valence-corrected chi connectivity index (χ0v) is 21.5. The molecule has 34 heavy (non-hydrogen) atoms. The number of pyridine rings is 1. The van der Waals surface area contributed by atoms with E-state index in [0.717, 1.165) is 53.8 Å². The first kappa shape index (κ1) is 26.3. The minimum atomic E-state index is 0. The molecule has 1 aliphatic heterocycles. The summed E-state index contributed by atoms with van der Waals surface area (Å²) in [6.07, 6.45) is 7.66. The molecule has 1 amide bonds. The largest absolute Gasteiger partial charge is 0.439 e. The number of halogens is 2. The van der Waals surface area contributed by atoms with Gasteiger partial charge in [0.2, 0.25) is 5.88 Å². The number of aryl methyl sites for hydroxylation is 2. The van der Waals surface area contributed by atoms with Gasteiger partial charge in [0, 0.05) is 38.4 Å². The highest BCUT2D eigenvalue weighted by Crippen LogP contribution is 2.42. The first-order valence-electron chi connectivity index (χ1n) is 11.9. The van der Waals surface area contributed by atoms with Gasteiger partial charge in [0.1, 0.15) is 16.8 Å². The van der Waals surface area contributed by atoms with Crippen LogP contribution in [0.5, 0.6) is 11.6 Å². The fourth-order valence-corrected chi connectivity index (χ4v) is 5.19. The zero-order valence-electron chi connectivity index (χ0n) is 19.9. The van der Waals surface area contributed by atoms with E-state index in [-0.39, 0.29) is 30.7 Å². The summed E-state index contributed by atoms with van der Waals surface area (Å²) in [4.78, 5) is 20.5. The van der Waals surface area contributed by atoms with Crippen molar-refractivity contribution in [2.24, 2.45) is 0 Å². The summed E-state index contributed by atoms with van der Waals surface area (Å²) >= 11 is 0. The summed E-state index contributed by atoms with van der Waals surface area (Å²) in [6.45, 7) is 7.15. The van der Waals surface area contributed by atoms with E-state index >= 15 is 0 Å². The van der Waals surface area contributed by atoms with Gasteiger partial charge in [-0.1, -0.05) is 37.5 Å². The highest BCUT2D eigenvalue weighted by atomic mass is 35.5. The lowest BCUT2D eigenvalue weighted by molar-refractivity contribution is 0.0734. The van der Waals surface area contributed by atoms with E-state index < -0.39 is 0 Å². The molecule has 1 aliphatic carbocycles. The number of carbonyl (C=O) groups is 1. The van der Waals surface area contributed by atoms with E-state index in [1.54, 1.807) is 6.20 Å². The smallest absolute Gasteiger partial charge is 0.261 e. The number of nitrogens with zero attached hydrogens (tertiary/aromatic N) is 3. The Morgan fingerprint density at radius 1 is 1.00 bits per heavy atom. The van der Waals surface area contributed by atoms with Crippen molar-refractivity contribution in [2.45, 2.75) is 52.0 Å². The molecule has 2 fully saturated rings. The number of para-hydroxylation sites is 1. The van der Waals surface area contributed by atoms with Crippen molar-refractivity contribution in [1.82, 2.24) is 19.8 Å². The molecule has 1 saturated heterocycles. The van der Waals surface area contributed by atoms with Crippen LogP contribution in [-0.2, 0) is 0 Å². The number of carbonyl (C=O) groups excluding carboxylic acids is 1. The molecule has 2 aromatic heterocycles. The van der Waals surface area contributed by atoms with Gasteiger partial charge in [-0.3, -0.25) is 9.78 Å². The lowest BCUT2D eigenvalue weighted by Gasteiger charge is -2.29. The number of fused-ring (bicyclic) bond motifs is 1. The third-order valence-corrected chi connectivity index (χ3v) is 6.88. The maximum absolute atomic E-state index is 13.9. The van der Waals surface area contributed by atoms with Crippen LogP contribution < -0.4 is 10.1 Å². The summed E-state index contributed by atoms with van der Waals surface area (Å²) in [6, 6.07) is 10.5. The summed E-state index contributed by atoms with van der Waals surface area (Å²) in [5.74, 6) is 1.51. The Balaban J connectivity index is 0.00000162. The Labute approximate surface area is 213 Å². The topological polar surface area (TPSA) is 59.4 Å². The van der Waals surface area contributed by atoms with Gasteiger partial charge in [-0.15, -0.1) is 24.8 Å². The number of ether oxygens (including phenoxy) is 1. The van der Waals surface area contributed by atoms with Gasteiger partial charge in [0.05, 0.1) is 5.52 Å². The molecule has 3 heterocycles. The van der Waals surface area contributed by atoms with E-state index in [0.29, 0.717) is 30.6 Å². The summed E-state index contributed by atoms with van der Waals surface area (Å²) in [5, 5.41) is 3.34. The van der Waals surface area contributed by atoms with E-state index in [2.05, 4.69) is 41.9 Å². The molecule has 1 N–H and O–H groups in total. The average molecular weight is 505 g/mol. The fraction of sp³-hybridized carbons (Fsp3) is 0.462. The van der Waals surface area contributed by atoms with Gasteiger partial charge >= 0.3 is 0 Å². The van der Waals surface area contributed by atoms with Crippen molar-refractivity contribution < 1.29 is 9.53 Å². The SMILES string of the molecule is Cc1cccc(C)c1Oc1c(C(=O)N2CCNCC2)c2ncccc2n1C1CCCCC1.Cl.Cl. The number of nitrogens with one attached hydrogen (secondary N) is 1. The van der Waals surface area contributed by atoms with E-state index in [1.165, 1.54) is 19.3 Å². The molecule has 184 valence electrons. The standard InChI is InChI=1S/C26H32N4O2.2ClH/c1-18-8-6-9-19(2)24(18)32-26-22(25(31)29-16-14-27-15-17-29)23-21(12-7-13-28-23)30(26)20-10-4-3-5-11-20;;/h6-9,12-13,20,27H,3-5,10-11,14-17H2,1-2H3;2*1H. The van der Waals surface area contributed by atoms with Crippen LogP contribution >= 0.6 is 24.8 Å². The molecule has 8 heteroatoms. The number of amides is 1. The Morgan fingerprint density at radius 3 is 2.35 bits per heavy atom. The molecule has 5 rings (SSSR count). The number of hydrogen-bond donors (Lipinski definition) is 1. The maximum atomic E-state index is 13.9. The molecule has 1 aromatic carbocycles. The van der Waals surface area contributed by atoms with Gasteiger partial charge in [-0.05, 0) is 49.9 Å². The second-order valence-electron chi connectivity index (χ2n) is 9.08. The van der Waals surface area contributed by atoms with E-state index in [4.69, 9.17) is 9.72 Å². The number of hydrogen-bond acceptors (Lipinski definition) is 4. The quantitative estimate of drug-likeness (QED) is 0.484. The fourth-order valence-electron chi connectivity index (χ4n) is 5.19. The van der Waals surface area contributed by atoms with Crippen LogP contribution in [0.3, 0.4) is 0 Å². The van der Waals surface area contributed by atoms with Crippen LogP contribution in [0.15, 0.2) is 36.5 Å². The molecular formula is C26H34Cl2N4O2. The second-order valence-corrected chi connectivity index (χ2v) is 9.08. The van der Waals surface area contributed by atoms with Crippen molar-refractivity contribution in [3.63, 3.8) is 0 Å². The predicted molar refractivity (Wildman–Crippen MR) is 141 cm³/mol. The molecule has 0 spiro atoms. The molecule has 1 saturated carbocycles. The third-order valence-electron chi connectivity index (χ3n) is 6.88. The molecule has 0 atom stereocenters. The van der Waals surface area contributed by atoms with Gasteiger partial charge in [0.15, 0.2) is 0 Å². The molecule has 2 aliphatic rings. The first-order chi connectivity index (χ1) is 15.6. The average Bonchev–Trinajstić information content (AvgIpc) is 3.16. The monoisotopic (exact) mass is 504 g/mol. The van der Waals surface area contributed by atoms with Crippen LogP contribution in [0.4, 0.5) is 0 Å². The maximum Gasteiger partial charge on any atom is 0.261 e. The Morgan fingerprint density at radius 2 is 1.68 bits per heavy atom. The molecular weight excluding hydrogens is 471 g/mol. The summed E-state index contributed by atoms with van der Waals surface area (Å²) < 4.78 is 8.99. The van der Waals surface area contributed by atoms with Crippen molar-refractivity contribution in [3.05, 3.63) is 53.2 Å². The molecule has 0 radical (unpaired) electrons. The van der Waals surface area contributed by atoms with Crippen LogP contribution in [0.25, 0.3) is 11.0 Å². The second kappa shape index (κ2) is 11.4. The van der Waals surface area contributed by atoms with E-state index in [9.17, 15) is 4.79 Å². The van der Waals surface area contributed by atoms with Crippen molar-refractivity contribution in [2.75, 3.05) is 26.2 Å². The van der Waals surface area contributed by atoms with Gasteiger partial charge in [-0.2, -0.15) is 0 Å². The molecule has 6 nitrogen and oxygen atoms in total. The first-order valence-corrected chi connectivity index (χ1v) is 11.9. The van der Waals surface area contributed by atoms with Crippen LogP contribution in [0.1, 0.15) is 59.6 Å². The van der Waals surface area contributed by atoms with Gasteiger partial charge < -0.3 is 19.5 Å². The number of benzene rings is 1. The minimum Gasteiger partial charge on any atom is -0.439 e. The predicted octanol–water partition coefficient (Wildman–Crippen LogP) is 5.84. The van der Waals surface area contributed by atoms with Crippen LogP contribution in [0, 0.1) is 13.8 Å². The molecule has 3 aromatic rings.